The molecule has 3 aromatic rings. The maximum atomic E-state index is 13.3. The number of rotatable bonds is 5. The zero-order chi connectivity index (χ0) is 20.9. The number of ether oxygens (including phenoxy) is 1. The molecule has 30 heavy (non-hydrogen) atoms. The van der Waals surface area contributed by atoms with Crippen LogP contribution >= 0.6 is 0 Å². The molecule has 6 heteroatoms. The number of hydrogen-bond donors (Lipinski definition) is 1. The van der Waals surface area contributed by atoms with E-state index in [0.29, 0.717) is 25.2 Å². The summed E-state index contributed by atoms with van der Waals surface area (Å²) in [5, 5.41) is 4.76. The average Bonchev–Trinajstić information content (AvgIpc) is 2.82. The molecule has 0 aliphatic carbocycles. The molecule has 154 valence electrons. The fourth-order valence-electron chi connectivity index (χ4n) is 4.02. The van der Waals surface area contributed by atoms with E-state index in [4.69, 9.17) is 4.74 Å². The fourth-order valence-corrected chi connectivity index (χ4v) is 4.02. The number of pyridine rings is 1. The molecule has 1 saturated heterocycles. The standard InChI is InChI=1S/C24H25N3O3/c1-30-22-11-10-21(19-8-2-3-9-20(19)22)24(29)27-13-5-7-18(16-27)23(28)26-15-17-6-4-12-25-14-17/h2-4,6,8-12,14,18H,5,7,13,15-16H2,1H3,(H,26,28). The van der Waals surface area contributed by atoms with Gasteiger partial charge in [0.2, 0.25) is 5.91 Å². The molecule has 1 fully saturated rings. The number of carbonyl (C=O) groups is 2. The molecule has 0 radical (unpaired) electrons. The molecule has 1 aliphatic heterocycles. The van der Waals surface area contributed by atoms with Crippen molar-refractivity contribution >= 4 is 22.6 Å². The van der Waals surface area contributed by atoms with E-state index in [-0.39, 0.29) is 17.7 Å². The smallest absolute Gasteiger partial charge is 0.254 e. The van der Waals surface area contributed by atoms with E-state index in [9.17, 15) is 9.59 Å². The number of methoxy groups -OCH3 is 1. The number of amides is 2. The van der Waals surface area contributed by atoms with Gasteiger partial charge in [0, 0.05) is 43.0 Å². The van der Waals surface area contributed by atoms with Gasteiger partial charge in [-0.1, -0.05) is 30.3 Å². The van der Waals surface area contributed by atoms with E-state index in [1.807, 2.05) is 48.5 Å². The van der Waals surface area contributed by atoms with E-state index in [0.717, 1.165) is 34.9 Å². The minimum Gasteiger partial charge on any atom is -0.496 e. The Kier molecular flexibility index (Phi) is 5.93. The van der Waals surface area contributed by atoms with E-state index in [2.05, 4.69) is 10.3 Å². The molecular formula is C24H25N3O3. The van der Waals surface area contributed by atoms with Crippen molar-refractivity contribution in [2.24, 2.45) is 5.92 Å². The van der Waals surface area contributed by atoms with Crippen LogP contribution in [-0.4, -0.2) is 41.9 Å². The average molecular weight is 403 g/mol. The van der Waals surface area contributed by atoms with Crippen LogP contribution in [-0.2, 0) is 11.3 Å². The van der Waals surface area contributed by atoms with Crippen LogP contribution < -0.4 is 10.1 Å². The Morgan fingerprint density at radius 3 is 2.73 bits per heavy atom. The van der Waals surface area contributed by atoms with Crippen molar-refractivity contribution in [2.45, 2.75) is 19.4 Å². The second-order valence-corrected chi connectivity index (χ2v) is 7.53. The van der Waals surface area contributed by atoms with Crippen LogP contribution in [0.1, 0.15) is 28.8 Å². The van der Waals surface area contributed by atoms with Gasteiger partial charge >= 0.3 is 0 Å². The summed E-state index contributed by atoms with van der Waals surface area (Å²) in [5.74, 6) is 0.479. The summed E-state index contributed by atoms with van der Waals surface area (Å²) in [5.41, 5.74) is 1.60. The summed E-state index contributed by atoms with van der Waals surface area (Å²) in [4.78, 5) is 31.9. The van der Waals surface area contributed by atoms with Crippen molar-refractivity contribution in [2.75, 3.05) is 20.2 Å². The lowest BCUT2D eigenvalue weighted by molar-refractivity contribution is -0.126. The predicted molar refractivity (Wildman–Crippen MR) is 115 cm³/mol. The van der Waals surface area contributed by atoms with Gasteiger partial charge in [-0.15, -0.1) is 0 Å². The largest absolute Gasteiger partial charge is 0.496 e. The zero-order valence-electron chi connectivity index (χ0n) is 17.0. The lowest BCUT2D eigenvalue weighted by Crippen LogP contribution is -2.45. The maximum Gasteiger partial charge on any atom is 0.254 e. The van der Waals surface area contributed by atoms with Gasteiger partial charge in [0.15, 0.2) is 0 Å². The Morgan fingerprint density at radius 2 is 1.97 bits per heavy atom. The molecule has 1 unspecified atom stereocenters. The molecule has 4 rings (SSSR count). The first-order chi connectivity index (χ1) is 14.7. The number of fused-ring (bicyclic) bond motifs is 1. The highest BCUT2D eigenvalue weighted by Crippen LogP contribution is 2.30. The maximum absolute atomic E-state index is 13.3. The van der Waals surface area contributed by atoms with Crippen LogP contribution in [0, 0.1) is 5.92 Å². The van der Waals surface area contributed by atoms with E-state index in [1.165, 1.54) is 0 Å². The number of nitrogens with zero attached hydrogens (tertiary/aromatic N) is 2. The molecule has 2 heterocycles. The van der Waals surface area contributed by atoms with Gasteiger partial charge in [-0.25, -0.2) is 0 Å². The third-order valence-corrected chi connectivity index (χ3v) is 5.60. The Bertz CT molecular complexity index is 1050. The molecule has 1 aliphatic rings. The number of aromatic nitrogens is 1. The highest BCUT2D eigenvalue weighted by atomic mass is 16.5. The normalized spacial score (nSPS) is 16.3. The third-order valence-electron chi connectivity index (χ3n) is 5.60. The van der Waals surface area contributed by atoms with Crippen molar-refractivity contribution < 1.29 is 14.3 Å². The Morgan fingerprint density at radius 1 is 1.13 bits per heavy atom. The van der Waals surface area contributed by atoms with Gasteiger partial charge in [-0.05, 0) is 42.0 Å². The lowest BCUT2D eigenvalue weighted by Gasteiger charge is -2.32. The number of likely N-dealkylation sites (tertiary alicyclic amines) is 1. The first kappa shape index (κ1) is 19.9. The summed E-state index contributed by atoms with van der Waals surface area (Å²) in [6.07, 6.45) is 5.04. The molecule has 6 nitrogen and oxygen atoms in total. The highest BCUT2D eigenvalue weighted by molar-refractivity contribution is 6.08. The number of nitrogens with one attached hydrogen (secondary N) is 1. The minimum absolute atomic E-state index is 0.0176. The zero-order valence-corrected chi connectivity index (χ0v) is 17.0. The second kappa shape index (κ2) is 8.95. The Balaban J connectivity index is 1.47. The van der Waals surface area contributed by atoms with Gasteiger partial charge in [0.05, 0.1) is 13.0 Å². The summed E-state index contributed by atoms with van der Waals surface area (Å²) >= 11 is 0. The number of benzene rings is 2. The van der Waals surface area contributed by atoms with Gasteiger partial charge in [-0.2, -0.15) is 0 Å². The highest BCUT2D eigenvalue weighted by Gasteiger charge is 2.29. The van der Waals surface area contributed by atoms with Crippen molar-refractivity contribution in [1.82, 2.24) is 15.2 Å². The first-order valence-electron chi connectivity index (χ1n) is 10.2. The van der Waals surface area contributed by atoms with Gasteiger partial charge in [0.1, 0.15) is 5.75 Å². The van der Waals surface area contributed by atoms with Crippen molar-refractivity contribution in [3.63, 3.8) is 0 Å². The number of carbonyl (C=O) groups excluding carboxylic acids is 2. The van der Waals surface area contributed by atoms with Crippen molar-refractivity contribution in [3.8, 4) is 5.75 Å². The second-order valence-electron chi connectivity index (χ2n) is 7.53. The predicted octanol–water partition coefficient (Wildman–Crippen LogP) is 3.41. The molecular weight excluding hydrogens is 378 g/mol. The summed E-state index contributed by atoms with van der Waals surface area (Å²) in [6, 6.07) is 15.2. The van der Waals surface area contributed by atoms with Crippen molar-refractivity contribution in [3.05, 3.63) is 72.1 Å². The first-order valence-corrected chi connectivity index (χ1v) is 10.2. The summed E-state index contributed by atoms with van der Waals surface area (Å²) < 4.78 is 5.44. The molecule has 0 saturated carbocycles. The van der Waals surface area contributed by atoms with Crippen LogP contribution in [0.15, 0.2) is 60.9 Å². The van der Waals surface area contributed by atoms with Crippen LogP contribution in [0.2, 0.25) is 0 Å². The molecule has 1 aromatic heterocycles. The van der Waals surface area contributed by atoms with Crippen LogP contribution in [0.4, 0.5) is 0 Å². The van der Waals surface area contributed by atoms with Gasteiger partial charge in [0.25, 0.3) is 5.91 Å². The Labute approximate surface area is 175 Å². The number of piperidine rings is 1. The minimum atomic E-state index is -0.205. The Hall–Kier alpha value is -3.41. The van der Waals surface area contributed by atoms with E-state index >= 15 is 0 Å². The molecule has 0 bridgehead atoms. The third kappa shape index (κ3) is 4.13. The van der Waals surface area contributed by atoms with Crippen LogP contribution in [0.3, 0.4) is 0 Å². The molecule has 2 amide bonds. The monoisotopic (exact) mass is 403 g/mol. The summed E-state index contributed by atoms with van der Waals surface area (Å²) in [6.45, 7) is 1.53. The summed E-state index contributed by atoms with van der Waals surface area (Å²) in [7, 11) is 1.63. The van der Waals surface area contributed by atoms with Crippen molar-refractivity contribution in [1.29, 1.82) is 0 Å². The van der Waals surface area contributed by atoms with E-state index < -0.39 is 0 Å². The van der Waals surface area contributed by atoms with E-state index in [1.54, 1.807) is 24.4 Å². The topological polar surface area (TPSA) is 71.5 Å². The number of hydrogen-bond acceptors (Lipinski definition) is 4. The van der Waals surface area contributed by atoms with Crippen LogP contribution in [0.5, 0.6) is 5.75 Å². The fraction of sp³-hybridized carbons (Fsp3) is 0.292. The SMILES string of the molecule is COc1ccc(C(=O)N2CCCC(C(=O)NCc3cccnc3)C2)c2ccccc12. The molecule has 0 spiro atoms. The van der Waals surface area contributed by atoms with Crippen LogP contribution in [0.25, 0.3) is 10.8 Å². The molecule has 2 aromatic carbocycles. The molecule has 1 N–H and O–H groups in total. The lowest BCUT2D eigenvalue weighted by atomic mass is 9.95. The molecule has 1 atom stereocenters. The quantitative estimate of drug-likeness (QED) is 0.709. The van der Waals surface area contributed by atoms with Gasteiger partial charge in [-0.3, -0.25) is 14.6 Å². The van der Waals surface area contributed by atoms with Gasteiger partial charge < -0.3 is 15.0 Å².